The maximum absolute atomic E-state index is 12.9. The molecule has 0 heterocycles. The lowest BCUT2D eigenvalue weighted by Gasteiger charge is -2.22. The van der Waals surface area contributed by atoms with Gasteiger partial charge in [0.1, 0.15) is 0 Å². The summed E-state index contributed by atoms with van der Waals surface area (Å²) < 4.78 is 10.4. The average molecular weight is 429 g/mol. The van der Waals surface area contributed by atoms with Crippen LogP contribution in [0, 0.1) is 0 Å². The fourth-order valence-electron chi connectivity index (χ4n) is 2.96. The molecule has 0 aliphatic rings. The van der Waals surface area contributed by atoms with E-state index in [2.05, 4.69) is 0 Å². The van der Waals surface area contributed by atoms with E-state index in [0.29, 0.717) is 5.56 Å². The fraction of sp³-hybridized carbons (Fsp3) is 0.115. The predicted molar refractivity (Wildman–Crippen MR) is 120 cm³/mol. The molecular weight excluding hydrogens is 406 g/mol. The van der Waals surface area contributed by atoms with E-state index in [4.69, 9.17) is 15.2 Å². The molecule has 0 amide bonds. The number of carbonyl (C=O) groups is 3. The Morgan fingerprint density at radius 2 is 1.34 bits per heavy atom. The Kier molecular flexibility index (Phi) is 7.67. The van der Waals surface area contributed by atoms with E-state index in [1.165, 1.54) is 6.92 Å². The average Bonchev–Trinajstić information content (AvgIpc) is 2.83. The third kappa shape index (κ3) is 6.00. The first-order valence-electron chi connectivity index (χ1n) is 10.0. The van der Waals surface area contributed by atoms with Crippen molar-refractivity contribution in [2.75, 3.05) is 0 Å². The molecule has 2 N–H and O–H groups in total. The number of nitrogens with two attached hydrogens (primary N) is 1. The second-order valence-electron chi connectivity index (χ2n) is 7.07. The third-order valence-corrected chi connectivity index (χ3v) is 4.68. The van der Waals surface area contributed by atoms with Gasteiger partial charge < -0.3 is 15.2 Å². The van der Waals surface area contributed by atoms with E-state index in [1.54, 1.807) is 66.7 Å². The van der Waals surface area contributed by atoms with Crippen molar-refractivity contribution in [1.82, 2.24) is 0 Å². The van der Waals surface area contributed by atoms with E-state index in [0.717, 1.165) is 5.56 Å². The quantitative estimate of drug-likeness (QED) is 0.345. The molecule has 6 nitrogen and oxygen atoms in total. The van der Waals surface area contributed by atoms with Gasteiger partial charge in [-0.05, 0) is 36.3 Å². The van der Waals surface area contributed by atoms with Crippen LogP contribution in [0.4, 0.5) is 0 Å². The number of carbonyl (C=O) groups excluding carboxylic acids is 3. The molecule has 32 heavy (non-hydrogen) atoms. The Bertz CT molecular complexity index is 1090. The van der Waals surface area contributed by atoms with Crippen LogP contribution in [0.25, 0.3) is 6.08 Å². The summed E-state index contributed by atoms with van der Waals surface area (Å²) in [4.78, 5) is 37.9. The predicted octanol–water partition coefficient (Wildman–Crippen LogP) is 4.09. The van der Waals surface area contributed by atoms with Gasteiger partial charge in [-0.2, -0.15) is 0 Å². The summed E-state index contributed by atoms with van der Waals surface area (Å²) in [5.74, 6) is -2.64. The van der Waals surface area contributed by atoms with Gasteiger partial charge >= 0.3 is 17.9 Å². The Balaban J connectivity index is 1.80. The second-order valence-corrected chi connectivity index (χ2v) is 7.07. The summed E-state index contributed by atoms with van der Waals surface area (Å²) in [6, 6.07) is 25.0. The van der Waals surface area contributed by atoms with E-state index in [1.807, 2.05) is 30.3 Å². The molecule has 162 valence electrons. The largest absolute Gasteiger partial charge is 0.445 e. The molecule has 0 saturated carbocycles. The number of benzene rings is 3. The van der Waals surface area contributed by atoms with Crippen molar-refractivity contribution in [2.45, 2.75) is 19.1 Å². The Morgan fingerprint density at radius 3 is 1.94 bits per heavy atom. The second kappa shape index (κ2) is 10.8. The van der Waals surface area contributed by atoms with Gasteiger partial charge in [0.25, 0.3) is 0 Å². The summed E-state index contributed by atoms with van der Waals surface area (Å²) in [6.07, 6.45) is 0.0798. The van der Waals surface area contributed by atoms with E-state index >= 15 is 0 Å². The molecule has 1 unspecified atom stereocenters. The highest BCUT2D eigenvalue weighted by Crippen LogP contribution is 2.20. The summed E-state index contributed by atoms with van der Waals surface area (Å²) in [5.41, 5.74) is 8.03. The van der Waals surface area contributed by atoms with Crippen LogP contribution in [0.5, 0.6) is 0 Å². The number of hydrogen-bond acceptors (Lipinski definition) is 6. The molecule has 0 saturated heterocycles. The minimum absolute atomic E-state index is 0.214. The molecule has 6 heteroatoms. The molecule has 0 spiro atoms. The minimum atomic E-state index is -1.52. The van der Waals surface area contributed by atoms with Gasteiger partial charge in [-0.3, -0.25) is 0 Å². The van der Waals surface area contributed by atoms with Crippen molar-refractivity contribution in [3.05, 3.63) is 113 Å². The first-order chi connectivity index (χ1) is 15.5. The number of rotatable bonds is 7. The standard InChI is InChI=1S/C26H23NO5/c1-18(17-19-11-5-2-6-12-19)24(28)32-26(30)23(22(27)20-13-7-3-8-14-20)31-25(29)21-15-9-4-10-16-21/h2-17,22-23H,27H2,1H3/t22-,23?/m1/s1. The summed E-state index contributed by atoms with van der Waals surface area (Å²) in [5, 5.41) is 0. The van der Waals surface area contributed by atoms with Crippen LogP contribution in [-0.2, 0) is 19.1 Å². The van der Waals surface area contributed by atoms with E-state index < -0.39 is 30.1 Å². The fourth-order valence-corrected chi connectivity index (χ4v) is 2.96. The van der Waals surface area contributed by atoms with Crippen LogP contribution >= 0.6 is 0 Å². The van der Waals surface area contributed by atoms with Crippen LogP contribution < -0.4 is 5.73 Å². The zero-order valence-corrected chi connectivity index (χ0v) is 17.5. The van der Waals surface area contributed by atoms with Gasteiger partial charge in [-0.25, -0.2) is 14.4 Å². The number of esters is 3. The highest BCUT2D eigenvalue weighted by atomic mass is 16.6. The van der Waals surface area contributed by atoms with Crippen LogP contribution in [0.3, 0.4) is 0 Å². The molecule has 2 atom stereocenters. The highest BCUT2D eigenvalue weighted by molar-refractivity contribution is 6.01. The highest BCUT2D eigenvalue weighted by Gasteiger charge is 2.34. The van der Waals surface area contributed by atoms with Crippen molar-refractivity contribution >= 4 is 24.0 Å². The molecule has 0 aliphatic heterocycles. The Hall–Kier alpha value is -4.03. The molecule has 3 aromatic carbocycles. The van der Waals surface area contributed by atoms with Crippen molar-refractivity contribution in [3.63, 3.8) is 0 Å². The smallest absolute Gasteiger partial charge is 0.357 e. The van der Waals surface area contributed by atoms with Crippen molar-refractivity contribution in [2.24, 2.45) is 5.73 Å². The zero-order chi connectivity index (χ0) is 22.9. The van der Waals surface area contributed by atoms with Crippen LogP contribution in [0.1, 0.15) is 34.5 Å². The topological polar surface area (TPSA) is 95.7 Å². The lowest BCUT2D eigenvalue weighted by Crippen LogP contribution is -2.40. The van der Waals surface area contributed by atoms with Crippen molar-refractivity contribution < 1.29 is 23.9 Å². The van der Waals surface area contributed by atoms with Gasteiger partial charge in [0.05, 0.1) is 11.6 Å². The van der Waals surface area contributed by atoms with Crippen LogP contribution in [0.15, 0.2) is 96.6 Å². The molecule has 3 rings (SSSR count). The maximum Gasteiger partial charge on any atom is 0.357 e. The molecule has 0 fully saturated rings. The molecule has 0 bridgehead atoms. The molecule has 0 aromatic heterocycles. The summed E-state index contributed by atoms with van der Waals surface area (Å²) in [6.45, 7) is 1.53. The molecule has 0 radical (unpaired) electrons. The van der Waals surface area contributed by atoms with Gasteiger partial charge in [0.2, 0.25) is 6.10 Å². The SMILES string of the molecule is CC(=Cc1ccccc1)C(=O)OC(=O)C(OC(=O)c1ccccc1)[C@H](N)c1ccccc1. The van der Waals surface area contributed by atoms with Crippen LogP contribution in [-0.4, -0.2) is 24.0 Å². The van der Waals surface area contributed by atoms with Crippen molar-refractivity contribution in [1.29, 1.82) is 0 Å². The minimum Gasteiger partial charge on any atom is -0.445 e. The van der Waals surface area contributed by atoms with E-state index in [-0.39, 0.29) is 11.1 Å². The lowest BCUT2D eigenvalue weighted by molar-refractivity contribution is -0.164. The van der Waals surface area contributed by atoms with Gasteiger partial charge in [0, 0.05) is 5.57 Å². The summed E-state index contributed by atoms with van der Waals surface area (Å²) >= 11 is 0. The number of hydrogen-bond donors (Lipinski definition) is 1. The first-order valence-corrected chi connectivity index (χ1v) is 10.0. The van der Waals surface area contributed by atoms with Crippen LogP contribution in [0.2, 0.25) is 0 Å². The Labute approximate surface area is 186 Å². The normalized spacial score (nSPS) is 13.0. The zero-order valence-electron chi connectivity index (χ0n) is 17.5. The van der Waals surface area contributed by atoms with Gasteiger partial charge in [-0.15, -0.1) is 0 Å². The molecule has 3 aromatic rings. The van der Waals surface area contributed by atoms with Gasteiger partial charge in [-0.1, -0.05) is 78.9 Å². The lowest BCUT2D eigenvalue weighted by atomic mass is 10.0. The third-order valence-electron chi connectivity index (χ3n) is 4.68. The van der Waals surface area contributed by atoms with Crippen molar-refractivity contribution in [3.8, 4) is 0 Å². The molecular formula is C26H23NO5. The molecule has 0 aliphatic carbocycles. The Morgan fingerprint density at radius 1 is 0.812 bits per heavy atom. The maximum atomic E-state index is 12.9. The van der Waals surface area contributed by atoms with E-state index in [9.17, 15) is 14.4 Å². The first kappa shape index (κ1) is 22.7. The monoisotopic (exact) mass is 429 g/mol. The summed E-state index contributed by atoms with van der Waals surface area (Å²) in [7, 11) is 0. The number of ether oxygens (including phenoxy) is 2. The van der Waals surface area contributed by atoms with Gasteiger partial charge in [0.15, 0.2) is 0 Å².